The Bertz CT molecular complexity index is 1040. The van der Waals surface area contributed by atoms with E-state index in [2.05, 4.69) is 28.2 Å². The van der Waals surface area contributed by atoms with Crippen molar-refractivity contribution >= 4 is 28.4 Å². The number of amides is 1. The molecule has 4 rings (SSSR count). The molecule has 1 aliphatic rings. The zero-order valence-electron chi connectivity index (χ0n) is 15.8. The van der Waals surface area contributed by atoms with Gasteiger partial charge in [-0.05, 0) is 37.3 Å². The SMILES string of the molecule is CCNc1cccnc1N1CCN(C(=O)n2ccc3ccc(C#N)cc32)CC1. The summed E-state index contributed by atoms with van der Waals surface area (Å²) in [5, 5.41) is 13.4. The Balaban J connectivity index is 1.50. The van der Waals surface area contributed by atoms with E-state index in [0.29, 0.717) is 18.7 Å². The second-order valence-electron chi connectivity index (χ2n) is 6.73. The lowest BCUT2D eigenvalue weighted by Gasteiger charge is -2.36. The van der Waals surface area contributed by atoms with Gasteiger partial charge in [-0.15, -0.1) is 0 Å². The van der Waals surface area contributed by atoms with Gasteiger partial charge >= 0.3 is 6.03 Å². The van der Waals surface area contributed by atoms with Gasteiger partial charge in [0.1, 0.15) is 0 Å². The minimum Gasteiger partial charge on any atom is -0.382 e. The second-order valence-corrected chi connectivity index (χ2v) is 6.73. The van der Waals surface area contributed by atoms with Gasteiger partial charge in [0, 0.05) is 50.5 Å². The number of carbonyl (C=O) groups excluding carboxylic acids is 1. The van der Waals surface area contributed by atoms with Gasteiger partial charge in [0.15, 0.2) is 5.82 Å². The van der Waals surface area contributed by atoms with Gasteiger partial charge in [0.2, 0.25) is 0 Å². The third-order valence-corrected chi connectivity index (χ3v) is 5.03. The van der Waals surface area contributed by atoms with Crippen LogP contribution in [0.25, 0.3) is 10.9 Å². The minimum absolute atomic E-state index is 0.0577. The van der Waals surface area contributed by atoms with Crippen LogP contribution >= 0.6 is 0 Å². The molecule has 7 nitrogen and oxygen atoms in total. The molecule has 28 heavy (non-hydrogen) atoms. The number of fused-ring (bicyclic) bond motifs is 1. The van der Waals surface area contributed by atoms with E-state index >= 15 is 0 Å². The Morgan fingerprint density at radius 1 is 1.21 bits per heavy atom. The first kappa shape index (κ1) is 17.9. The fourth-order valence-corrected chi connectivity index (χ4v) is 3.60. The molecule has 1 aliphatic heterocycles. The van der Waals surface area contributed by atoms with E-state index in [1.165, 1.54) is 0 Å². The molecule has 0 bridgehead atoms. The number of rotatable bonds is 3. The van der Waals surface area contributed by atoms with Gasteiger partial charge in [0.25, 0.3) is 0 Å². The molecule has 1 N–H and O–H groups in total. The van der Waals surface area contributed by atoms with E-state index in [1.54, 1.807) is 29.1 Å². The van der Waals surface area contributed by atoms with E-state index in [4.69, 9.17) is 5.26 Å². The van der Waals surface area contributed by atoms with Crippen molar-refractivity contribution in [2.24, 2.45) is 0 Å². The number of hydrogen-bond donors (Lipinski definition) is 1. The van der Waals surface area contributed by atoms with Gasteiger partial charge in [-0.2, -0.15) is 5.26 Å². The third kappa shape index (κ3) is 3.25. The Morgan fingerprint density at radius 3 is 2.79 bits per heavy atom. The first-order valence-corrected chi connectivity index (χ1v) is 9.45. The number of piperazine rings is 1. The summed E-state index contributed by atoms with van der Waals surface area (Å²) in [6.07, 6.45) is 3.58. The van der Waals surface area contributed by atoms with Crippen LogP contribution in [0.3, 0.4) is 0 Å². The number of anilines is 2. The fourth-order valence-electron chi connectivity index (χ4n) is 3.60. The molecule has 3 aromatic rings. The molecule has 3 heterocycles. The maximum absolute atomic E-state index is 13.0. The lowest BCUT2D eigenvalue weighted by Crippen LogP contribution is -2.50. The van der Waals surface area contributed by atoms with Crippen LogP contribution in [-0.2, 0) is 0 Å². The molecule has 1 amide bonds. The largest absolute Gasteiger partial charge is 0.382 e. The second kappa shape index (κ2) is 7.61. The van der Waals surface area contributed by atoms with E-state index in [0.717, 1.165) is 42.0 Å². The Kier molecular flexibility index (Phi) is 4.85. The predicted molar refractivity (Wildman–Crippen MR) is 110 cm³/mol. The van der Waals surface area contributed by atoms with Crippen molar-refractivity contribution in [1.29, 1.82) is 5.26 Å². The van der Waals surface area contributed by atoms with Gasteiger partial charge in [-0.25, -0.2) is 9.78 Å². The van der Waals surface area contributed by atoms with Crippen LogP contribution in [0.1, 0.15) is 12.5 Å². The summed E-state index contributed by atoms with van der Waals surface area (Å²) in [5.74, 6) is 0.932. The standard InChI is InChI=1S/C21H22N6O/c1-2-23-18-4-3-8-24-20(18)25-10-12-26(13-11-25)21(28)27-9-7-17-6-5-16(15-22)14-19(17)27/h3-9,14,23H,2,10-13H2,1H3. The molecule has 0 aliphatic carbocycles. The van der Waals surface area contributed by atoms with Gasteiger partial charge in [0.05, 0.1) is 22.8 Å². The summed E-state index contributed by atoms with van der Waals surface area (Å²) in [4.78, 5) is 21.6. The van der Waals surface area contributed by atoms with Crippen molar-refractivity contribution in [1.82, 2.24) is 14.5 Å². The monoisotopic (exact) mass is 374 g/mol. The van der Waals surface area contributed by atoms with Crippen LogP contribution in [0, 0.1) is 11.3 Å². The minimum atomic E-state index is -0.0577. The fraction of sp³-hybridized carbons (Fsp3) is 0.286. The van der Waals surface area contributed by atoms with Crippen molar-refractivity contribution in [2.75, 3.05) is 42.9 Å². The molecule has 0 atom stereocenters. The first-order valence-electron chi connectivity index (χ1n) is 9.45. The average Bonchev–Trinajstić information content (AvgIpc) is 3.17. The van der Waals surface area contributed by atoms with Crippen LogP contribution in [0.4, 0.5) is 16.3 Å². The number of nitrogens with one attached hydrogen (secondary N) is 1. The number of aromatic nitrogens is 2. The van der Waals surface area contributed by atoms with E-state index in [9.17, 15) is 4.79 Å². The van der Waals surface area contributed by atoms with Crippen molar-refractivity contribution in [3.63, 3.8) is 0 Å². The summed E-state index contributed by atoms with van der Waals surface area (Å²) < 4.78 is 1.64. The molecule has 0 saturated carbocycles. The summed E-state index contributed by atoms with van der Waals surface area (Å²) >= 11 is 0. The Morgan fingerprint density at radius 2 is 2.04 bits per heavy atom. The maximum Gasteiger partial charge on any atom is 0.328 e. The molecule has 1 fully saturated rings. The summed E-state index contributed by atoms with van der Waals surface area (Å²) in [6, 6.07) is 13.3. The summed E-state index contributed by atoms with van der Waals surface area (Å²) in [7, 11) is 0. The number of pyridine rings is 1. The quantitative estimate of drug-likeness (QED) is 0.762. The molecule has 1 saturated heterocycles. The Labute approximate surface area is 163 Å². The van der Waals surface area contributed by atoms with Gasteiger partial charge in [-0.1, -0.05) is 6.07 Å². The van der Waals surface area contributed by atoms with Crippen LogP contribution < -0.4 is 10.2 Å². The highest BCUT2D eigenvalue weighted by Crippen LogP contribution is 2.24. The normalized spacial score (nSPS) is 14.1. The number of carbonyl (C=O) groups is 1. The zero-order valence-corrected chi connectivity index (χ0v) is 15.8. The van der Waals surface area contributed by atoms with Crippen molar-refractivity contribution < 1.29 is 4.79 Å². The van der Waals surface area contributed by atoms with Gasteiger partial charge in [-0.3, -0.25) is 4.57 Å². The smallest absolute Gasteiger partial charge is 0.328 e. The van der Waals surface area contributed by atoms with E-state index < -0.39 is 0 Å². The first-order chi connectivity index (χ1) is 13.7. The lowest BCUT2D eigenvalue weighted by molar-refractivity contribution is 0.197. The lowest BCUT2D eigenvalue weighted by atomic mass is 10.2. The van der Waals surface area contributed by atoms with Crippen molar-refractivity contribution in [3.8, 4) is 6.07 Å². The molecular weight excluding hydrogens is 352 g/mol. The van der Waals surface area contributed by atoms with Crippen LogP contribution in [0.15, 0.2) is 48.8 Å². The summed E-state index contributed by atoms with van der Waals surface area (Å²) in [6.45, 7) is 5.60. The maximum atomic E-state index is 13.0. The number of nitriles is 1. The van der Waals surface area contributed by atoms with Crippen LogP contribution in [-0.4, -0.2) is 53.2 Å². The number of nitrogens with zero attached hydrogens (tertiary/aromatic N) is 5. The van der Waals surface area contributed by atoms with Gasteiger partial charge < -0.3 is 15.1 Å². The molecule has 142 valence electrons. The molecule has 0 spiro atoms. The highest BCUT2D eigenvalue weighted by atomic mass is 16.2. The van der Waals surface area contributed by atoms with Crippen molar-refractivity contribution in [2.45, 2.75) is 6.92 Å². The zero-order chi connectivity index (χ0) is 19.5. The molecule has 0 unspecified atom stereocenters. The van der Waals surface area contributed by atoms with Crippen LogP contribution in [0.5, 0.6) is 0 Å². The highest BCUT2D eigenvalue weighted by molar-refractivity contribution is 5.92. The molecule has 0 radical (unpaired) electrons. The highest BCUT2D eigenvalue weighted by Gasteiger charge is 2.24. The molecule has 1 aromatic carbocycles. The predicted octanol–water partition coefficient (Wildman–Crippen LogP) is 3.13. The third-order valence-electron chi connectivity index (χ3n) is 5.03. The number of hydrogen-bond acceptors (Lipinski definition) is 5. The molecular formula is C21H22N6O. The Hall–Kier alpha value is -3.53. The van der Waals surface area contributed by atoms with E-state index in [1.807, 2.05) is 29.2 Å². The van der Waals surface area contributed by atoms with E-state index in [-0.39, 0.29) is 6.03 Å². The molecule has 7 heteroatoms. The topological polar surface area (TPSA) is 77.2 Å². The summed E-state index contributed by atoms with van der Waals surface area (Å²) in [5.41, 5.74) is 2.34. The van der Waals surface area contributed by atoms with Crippen molar-refractivity contribution in [3.05, 3.63) is 54.4 Å². The average molecular weight is 374 g/mol. The molecule has 2 aromatic heterocycles. The van der Waals surface area contributed by atoms with Crippen LogP contribution in [0.2, 0.25) is 0 Å². The number of benzene rings is 1.